The van der Waals surface area contributed by atoms with Gasteiger partial charge in [0.05, 0.1) is 0 Å². The van der Waals surface area contributed by atoms with E-state index in [1.54, 1.807) is 0 Å². The largest absolute Gasteiger partial charge is 0.208 e. The molecule has 52 heavy (non-hydrogen) atoms. The number of benzene rings is 8. The van der Waals surface area contributed by atoms with Gasteiger partial charge in [0.15, 0.2) is 17.5 Å². The zero-order valence-corrected chi connectivity index (χ0v) is 28.2. The molecule has 9 aromatic rings. The van der Waals surface area contributed by atoms with Crippen molar-refractivity contribution in [2.24, 2.45) is 0 Å². The van der Waals surface area contributed by atoms with Gasteiger partial charge in [-0.25, -0.2) is 15.0 Å². The topological polar surface area (TPSA) is 38.7 Å². The Morgan fingerprint density at radius 3 is 1.25 bits per heavy atom. The second-order valence-corrected chi connectivity index (χ2v) is 13.2. The summed E-state index contributed by atoms with van der Waals surface area (Å²) in [6.45, 7) is 0. The first-order valence-electron chi connectivity index (χ1n) is 17.6. The third-order valence-corrected chi connectivity index (χ3v) is 10.0. The van der Waals surface area contributed by atoms with Crippen molar-refractivity contribution in [3.05, 3.63) is 188 Å². The first-order valence-corrected chi connectivity index (χ1v) is 17.6. The number of hydrogen-bond acceptors (Lipinski definition) is 3. The van der Waals surface area contributed by atoms with Crippen molar-refractivity contribution < 1.29 is 0 Å². The molecule has 0 atom stereocenters. The summed E-state index contributed by atoms with van der Waals surface area (Å²) in [4.78, 5) is 15.1. The third kappa shape index (κ3) is 5.02. The van der Waals surface area contributed by atoms with Gasteiger partial charge in [0.2, 0.25) is 0 Å². The Hall–Kier alpha value is -6.97. The van der Waals surface area contributed by atoms with Gasteiger partial charge in [-0.15, -0.1) is 0 Å². The van der Waals surface area contributed by atoms with Gasteiger partial charge in [0.25, 0.3) is 0 Å². The lowest BCUT2D eigenvalue weighted by Gasteiger charge is -2.21. The first kappa shape index (κ1) is 29.9. The zero-order chi connectivity index (χ0) is 34.4. The molecule has 0 spiro atoms. The van der Waals surface area contributed by atoms with Crippen molar-refractivity contribution in [1.29, 1.82) is 0 Å². The van der Waals surface area contributed by atoms with Crippen LogP contribution in [0.3, 0.4) is 0 Å². The van der Waals surface area contributed by atoms with Gasteiger partial charge in [0.1, 0.15) is 0 Å². The van der Waals surface area contributed by atoms with E-state index in [-0.39, 0.29) is 0 Å². The molecule has 0 bridgehead atoms. The maximum atomic E-state index is 5.07. The predicted octanol–water partition coefficient (Wildman–Crippen LogP) is 12.7. The Kier molecular flexibility index (Phi) is 7.14. The van der Waals surface area contributed by atoms with Crippen LogP contribution in [-0.4, -0.2) is 15.0 Å². The normalized spacial score (nSPS) is 11.5. The average Bonchev–Trinajstić information content (AvgIpc) is 3.57. The number of aromatic nitrogens is 3. The molecule has 242 valence electrons. The molecule has 0 fully saturated rings. The van der Waals surface area contributed by atoms with Gasteiger partial charge >= 0.3 is 0 Å². The van der Waals surface area contributed by atoms with Crippen LogP contribution < -0.4 is 0 Å². The van der Waals surface area contributed by atoms with Crippen LogP contribution in [0.2, 0.25) is 0 Å². The Labute approximate surface area is 302 Å². The van der Waals surface area contributed by atoms with Crippen molar-refractivity contribution in [2.45, 2.75) is 0 Å². The van der Waals surface area contributed by atoms with E-state index in [0.717, 1.165) is 27.8 Å². The van der Waals surface area contributed by atoms with E-state index in [9.17, 15) is 0 Å². The Bertz CT molecular complexity index is 2700. The molecule has 1 aliphatic carbocycles. The fourth-order valence-corrected chi connectivity index (χ4v) is 7.73. The summed E-state index contributed by atoms with van der Waals surface area (Å²) in [6.07, 6.45) is 0. The van der Waals surface area contributed by atoms with E-state index >= 15 is 0 Å². The lowest BCUT2D eigenvalue weighted by Crippen LogP contribution is -2.00. The first-order chi connectivity index (χ1) is 25.8. The van der Waals surface area contributed by atoms with Gasteiger partial charge in [-0.2, -0.15) is 0 Å². The molecular formula is C49H31N3. The van der Waals surface area contributed by atoms with Crippen LogP contribution in [-0.2, 0) is 0 Å². The van der Waals surface area contributed by atoms with Crippen LogP contribution >= 0.6 is 0 Å². The lowest BCUT2D eigenvalue weighted by atomic mass is 9.82. The molecule has 0 saturated heterocycles. The Morgan fingerprint density at radius 2 is 0.673 bits per heavy atom. The standard InChI is InChI=1S/C49H31N3/c1-5-16-32(17-6-1)41-31-42(44(34-18-7-2-8-19-34)46-40-29-15-25-33-24-14-28-39(43(33)40)45(41)46)37-26-13-27-38(30-37)49-51-47(35-20-9-3-10-21-35)50-48(52-49)36-22-11-4-12-23-36/h1-31H. The van der Waals surface area contributed by atoms with Crippen molar-refractivity contribution >= 4 is 10.8 Å². The number of fused-ring (bicyclic) bond motifs is 3. The molecule has 0 saturated carbocycles. The molecule has 3 nitrogen and oxygen atoms in total. The van der Waals surface area contributed by atoms with Crippen molar-refractivity contribution in [1.82, 2.24) is 15.0 Å². The maximum Gasteiger partial charge on any atom is 0.164 e. The maximum absolute atomic E-state index is 5.07. The summed E-state index contributed by atoms with van der Waals surface area (Å²) in [7, 11) is 0. The second-order valence-electron chi connectivity index (χ2n) is 13.2. The summed E-state index contributed by atoms with van der Waals surface area (Å²) < 4.78 is 0. The van der Waals surface area contributed by atoms with Gasteiger partial charge < -0.3 is 0 Å². The summed E-state index contributed by atoms with van der Waals surface area (Å²) in [6, 6.07) is 66.4. The van der Waals surface area contributed by atoms with Crippen LogP contribution in [0.4, 0.5) is 0 Å². The Morgan fingerprint density at radius 1 is 0.250 bits per heavy atom. The quantitative estimate of drug-likeness (QED) is 0.178. The van der Waals surface area contributed by atoms with E-state index in [1.807, 2.05) is 60.7 Å². The minimum absolute atomic E-state index is 0.637. The molecule has 0 amide bonds. The molecular weight excluding hydrogens is 631 g/mol. The summed E-state index contributed by atoms with van der Waals surface area (Å²) in [5, 5.41) is 2.57. The monoisotopic (exact) mass is 661 g/mol. The van der Waals surface area contributed by atoms with Gasteiger partial charge in [-0.05, 0) is 78.5 Å². The van der Waals surface area contributed by atoms with E-state index in [0.29, 0.717) is 17.5 Å². The fourth-order valence-electron chi connectivity index (χ4n) is 7.73. The van der Waals surface area contributed by atoms with E-state index < -0.39 is 0 Å². The molecule has 3 heteroatoms. The number of rotatable bonds is 6. The third-order valence-electron chi connectivity index (χ3n) is 10.0. The molecule has 8 aromatic carbocycles. The van der Waals surface area contributed by atoms with Crippen molar-refractivity contribution in [3.8, 4) is 89.8 Å². The van der Waals surface area contributed by atoms with E-state index in [1.165, 1.54) is 55.3 Å². The number of nitrogens with zero attached hydrogens (tertiary/aromatic N) is 3. The highest BCUT2D eigenvalue weighted by molar-refractivity contribution is 6.22. The number of hydrogen-bond donors (Lipinski definition) is 0. The molecule has 0 N–H and O–H groups in total. The van der Waals surface area contributed by atoms with E-state index in [4.69, 9.17) is 15.0 Å². The van der Waals surface area contributed by atoms with Gasteiger partial charge in [-0.3, -0.25) is 0 Å². The smallest absolute Gasteiger partial charge is 0.164 e. The second kappa shape index (κ2) is 12.4. The zero-order valence-electron chi connectivity index (χ0n) is 28.2. The highest BCUT2D eigenvalue weighted by Crippen LogP contribution is 2.57. The highest BCUT2D eigenvalue weighted by atomic mass is 15.0. The molecule has 1 aliphatic rings. The minimum atomic E-state index is 0.637. The van der Waals surface area contributed by atoms with Crippen LogP contribution in [0.5, 0.6) is 0 Å². The van der Waals surface area contributed by atoms with Crippen LogP contribution in [0, 0.1) is 0 Å². The summed E-state index contributed by atoms with van der Waals surface area (Å²) >= 11 is 0. The Balaban J connectivity index is 1.25. The highest BCUT2D eigenvalue weighted by Gasteiger charge is 2.30. The van der Waals surface area contributed by atoms with Crippen molar-refractivity contribution in [2.75, 3.05) is 0 Å². The molecule has 0 unspecified atom stereocenters. The van der Waals surface area contributed by atoms with Gasteiger partial charge in [-0.1, -0.05) is 176 Å². The fraction of sp³-hybridized carbons (Fsp3) is 0. The molecule has 0 aliphatic heterocycles. The average molecular weight is 662 g/mol. The van der Waals surface area contributed by atoms with Gasteiger partial charge in [0, 0.05) is 16.7 Å². The van der Waals surface area contributed by atoms with Crippen LogP contribution in [0.25, 0.3) is 101 Å². The molecule has 1 heterocycles. The lowest BCUT2D eigenvalue weighted by molar-refractivity contribution is 1.07. The molecule has 10 rings (SSSR count). The molecule has 0 radical (unpaired) electrons. The SMILES string of the molecule is c1ccc(-c2nc(-c3ccccc3)nc(-c3cccc(-c4cc(-c5ccccc5)c5c(c4-c4ccccc4)-c4cccc6cccc-5c46)c3)n2)cc1. The summed E-state index contributed by atoms with van der Waals surface area (Å²) in [5.41, 5.74) is 15.0. The molecule has 1 aromatic heterocycles. The summed E-state index contributed by atoms with van der Waals surface area (Å²) in [5.74, 6) is 1.93. The van der Waals surface area contributed by atoms with Crippen LogP contribution in [0.15, 0.2) is 188 Å². The van der Waals surface area contributed by atoms with Crippen molar-refractivity contribution in [3.63, 3.8) is 0 Å². The predicted molar refractivity (Wildman–Crippen MR) is 214 cm³/mol. The van der Waals surface area contributed by atoms with Crippen LogP contribution in [0.1, 0.15) is 0 Å². The van der Waals surface area contributed by atoms with E-state index in [2.05, 4.69) is 127 Å². The minimum Gasteiger partial charge on any atom is -0.208 e.